The number of ether oxygens (including phenoxy) is 1. The Morgan fingerprint density at radius 1 is 1.18 bits per heavy atom. The van der Waals surface area contributed by atoms with E-state index in [1.165, 1.54) is 22.4 Å². The Bertz CT molecular complexity index is 1200. The van der Waals surface area contributed by atoms with Crippen LogP contribution < -0.4 is 10.9 Å². The van der Waals surface area contributed by atoms with Gasteiger partial charge >= 0.3 is 0 Å². The number of fused-ring (bicyclic) bond motifs is 1. The van der Waals surface area contributed by atoms with Crippen LogP contribution in [0, 0.1) is 5.82 Å². The predicted octanol–water partition coefficient (Wildman–Crippen LogP) is 3.23. The van der Waals surface area contributed by atoms with Crippen molar-refractivity contribution < 1.29 is 13.9 Å². The van der Waals surface area contributed by atoms with E-state index in [0.29, 0.717) is 42.2 Å². The summed E-state index contributed by atoms with van der Waals surface area (Å²) >= 11 is 1.21. The number of nitrogens with one attached hydrogen (secondary N) is 1. The molecule has 0 bridgehead atoms. The number of carbonyl (C=O) groups excluding carboxylic acids is 1. The van der Waals surface area contributed by atoms with Crippen LogP contribution in [0.4, 0.5) is 4.39 Å². The molecular formula is C25H29FN4O3S. The molecule has 1 atom stereocenters. The van der Waals surface area contributed by atoms with E-state index in [2.05, 4.69) is 15.2 Å². The van der Waals surface area contributed by atoms with Crippen LogP contribution in [0.2, 0.25) is 0 Å². The molecule has 9 heteroatoms. The molecule has 1 saturated heterocycles. The minimum atomic E-state index is -0.523. The summed E-state index contributed by atoms with van der Waals surface area (Å²) in [6, 6.07) is 13.1. The fraction of sp³-hybridized carbons (Fsp3) is 0.400. The third kappa shape index (κ3) is 5.65. The van der Waals surface area contributed by atoms with Crippen LogP contribution in [0.1, 0.15) is 19.8 Å². The van der Waals surface area contributed by atoms with Crippen LogP contribution in [0.25, 0.3) is 16.6 Å². The van der Waals surface area contributed by atoms with Gasteiger partial charge in [-0.25, -0.2) is 9.37 Å². The Kier molecular flexibility index (Phi) is 8.31. The molecule has 1 aromatic heterocycles. The fourth-order valence-corrected chi connectivity index (χ4v) is 5.18. The lowest BCUT2D eigenvalue weighted by Crippen LogP contribution is -2.43. The number of rotatable bonds is 9. The summed E-state index contributed by atoms with van der Waals surface area (Å²) in [5.74, 6) is -0.631. The van der Waals surface area contributed by atoms with E-state index < -0.39 is 11.1 Å². The summed E-state index contributed by atoms with van der Waals surface area (Å²) in [5.41, 5.74) is 0.281. The highest BCUT2D eigenvalue weighted by Gasteiger charge is 2.24. The topological polar surface area (TPSA) is 76.5 Å². The van der Waals surface area contributed by atoms with Crippen molar-refractivity contribution in [1.82, 2.24) is 19.8 Å². The summed E-state index contributed by atoms with van der Waals surface area (Å²) in [6.45, 7) is 6.44. The van der Waals surface area contributed by atoms with Gasteiger partial charge in [-0.2, -0.15) is 0 Å². The second kappa shape index (κ2) is 11.6. The molecule has 7 nitrogen and oxygen atoms in total. The molecule has 0 spiro atoms. The van der Waals surface area contributed by atoms with Gasteiger partial charge < -0.3 is 10.1 Å². The molecule has 1 N–H and O–H groups in total. The van der Waals surface area contributed by atoms with Gasteiger partial charge in [-0.05, 0) is 30.7 Å². The van der Waals surface area contributed by atoms with E-state index in [9.17, 15) is 14.0 Å². The monoisotopic (exact) mass is 484 g/mol. The molecule has 3 aromatic rings. The van der Waals surface area contributed by atoms with E-state index in [0.717, 1.165) is 26.1 Å². The largest absolute Gasteiger partial charge is 0.379 e. The number of hydrogen-bond donors (Lipinski definition) is 1. The first kappa shape index (κ1) is 24.4. The van der Waals surface area contributed by atoms with Crippen molar-refractivity contribution >= 4 is 28.6 Å². The maximum atomic E-state index is 14.7. The maximum Gasteiger partial charge on any atom is 0.266 e. The van der Waals surface area contributed by atoms with E-state index in [4.69, 9.17) is 4.74 Å². The molecular weight excluding hydrogens is 455 g/mol. The van der Waals surface area contributed by atoms with E-state index in [-0.39, 0.29) is 17.2 Å². The van der Waals surface area contributed by atoms with Crippen molar-refractivity contribution in [3.63, 3.8) is 0 Å². The molecule has 1 fully saturated rings. The van der Waals surface area contributed by atoms with Crippen LogP contribution in [0.5, 0.6) is 0 Å². The zero-order chi connectivity index (χ0) is 23.9. The number of benzene rings is 2. The second-order valence-electron chi connectivity index (χ2n) is 8.14. The Hall–Kier alpha value is -2.75. The number of amides is 1. The summed E-state index contributed by atoms with van der Waals surface area (Å²) in [6.07, 6.45) is 1.39. The summed E-state index contributed by atoms with van der Waals surface area (Å²) in [5, 5.41) is 3.27. The quantitative estimate of drug-likeness (QED) is 0.371. The molecule has 2 heterocycles. The first-order valence-corrected chi connectivity index (χ1v) is 12.5. The van der Waals surface area contributed by atoms with Gasteiger partial charge in [0, 0.05) is 26.2 Å². The van der Waals surface area contributed by atoms with Crippen LogP contribution in [0.3, 0.4) is 0 Å². The van der Waals surface area contributed by atoms with Gasteiger partial charge in [0.05, 0.1) is 35.1 Å². The fourth-order valence-electron chi connectivity index (χ4n) is 3.95. The van der Waals surface area contributed by atoms with Gasteiger partial charge in [-0.3, -0.25) is 19.1 Å². The molecule has 4 rings (SSSR count). The standard InChI is InChI=1S/C25H29FN4O3S/c1-2-7-22(23(31)27-12-13-29-14-16-33-17-15-29)34-25-28-20-10-5-3-8-18(20)24(32)30(25)21-11-6-4-9-19(21)26/h3-6,8-11,22H,2,7,12-17H2,1H3,(H,27,31). The van der Waals surface area contributed by atoms with Crippen LogP contribution in [-0.4, -0.2) is 65.0 Å². The third-order valence-corrected chi connectivity index (χ3v) is 6.98. The number of hydrogen-bond acceptors (Lipinski definition) is 6. The van der Waals surface area contributed by atoms with Crippen molar-refractivity contribution in [2.75, 3.05) is 39.4 Å². The molecule has 1 aliphatic rings. The van der Waals surface area contributed by atoms with Gasteiger partial charge in [0.2, 0.25) is 5.91 Å². The molecule has 1 aliphatic heterocycles. The Labute approximate surface area is 202 Å². The first-order valence-electron chi connectivity index (χ1n) is 11.6. The smallest absolute Gasteiger partial charge is 0.266 e. The first-order chi connectivity index (χ1) is 16.6. The van der Waals surface area contributed by atoms with Crippen LogP contribution in [-0.2, 0) is 9.53 Å². The second-order valence-corrected chi connectivity index (χ2v) is 9.31. The van der Waals surface area contributed by atoms with Gasteiger partial charge in [-0.15, -0.1) is 0 Å². The van der Waals surface area contributed by atoms with Gasteiger partial charge in [0.25, 0.3) is 5.56 Å². The number of carbonyl (C=O) groups is 1. The minimum absolute atomic E-state index is 0.109. The Morgan fingerprint density at radius 3 is 2.68 bits per heavy atom. The number of para-hydroxylation sites is 2. The molecule has 2 aromatic carbocycles. The normalized spacial score (nSPS) is 15.4. The number of halogens is 1. The van der Waals surface area contributed by atoms with Crippen molar-refractivity contribution in [2.45, 2.75) is 30.2 Å². The highest BCUT2D eigenvalue weighted by Crippen LogP contribution is 2.28. The average molecular weight is 485 g/mol. The molecule has 0 saturated carbocycles. The molecule has 1 unspecified atom stereocenters. The predicted molar refractivity (Wildman–Crippen MR) is 132 cm³/mol. The van der Waals surface area contributed by atoms with Crippen LogP contribution >= 0.6 is 11.8 Å². The Morgan fingerprint density at radius 2 is 1.91 bits per heavy atom. The van der Waals surface area contributed by atoms with Gasteiger partial charge in [0.1, 0.15) is 5.82 Å². The number of morpholine rings is 1. The Balaban J connectivity index is 1.61. The number of thioether (sulfide) groups is 1. The van der Waals surface area contributed by atoms with Crippen molar-refractivity contribution in [2.24, 2.45) is 0 Å². The zero-order valence-electron chi connectivity index (χ0n) is 19.2. The number of aromatic nitrogens is 2. The van der Waals surface area contributed by atoms with E-state index in [1.54, 1.807) is 42.5 Å². The van der Waals surface area contributed by atoms with Crippen molar-refractivity contribution in [3.05, 3.63) is 64.7 Å². The lowest BCUT2D eigenvalue weighted by atomic mass is 10.2. The van der Waals surface area contributed by atoms with Crippen LogP contribution in [0.15, 0.2) is 58.5 Å². The molecule has 180 valence electrons. The zero-order valence-corrected chi connectivity index (χ0v) is 20.0. The molecule has 1 amide bonds. The molecule has 0 aliphatic carbocycles. The number of nitrogens with zero attached hydrogens (tertiary/aromatic N) is 3. The summed E-state index contributed by atoms with van der Waals surface area (Å²) in [4.78, 5) is 33.4. The van der Waals surface area contributed by atoms with E-state index in [1.807, 2.05) is 6.92 Å². The SMILES string of the molecule is CCCC(Sc1nc2ccccc2c(=O)n1-c1ccccc1F)C(=O)NCCN1CCOCC1. The minimum Gasteiger partial charge on any atom is -0.379 e. The van der Waals surface area contributed by atoms with Crippen molar-refractivity contribution in [3.8, 4) is 5.69 Å². The highest BCUT2D eigenvalue weighted by atomic mass is 32.2. The lowest BCUT2D eigenvalue weighted by molar-refractivity contribution is -0.120. The van der Waals surface area contributed by atoms with Crippen molar-refractivity contribution in [1.29, 1.82) is 0 Å². The highest BCUT2D eigenvalue weighted by molar-refractivity contribution is 8.00. The summed E-state index contributed by atoms with van der Waals surface area (Å²) < 4.78 is 21.4. The molecule has 34 heavy (non-hydrogen) atoms. The van der Waals surface area contributed by atoms with E-state index >= 15 is 0 Å². The van der Waals surface area contributed by atoms with Gasteiger partial charge in [-0.1, -0.05) is 49.4 Å². The average Bonchev–Trinajstić information content (AvgIpc) is 2.85. The third-order valence-electron chi connectivity index (χ3n) is 5.76. The molecule has 0 radical (unpaired) electrons. The van der Waals surface area contributed by atoms with Gasteiger partial charge in [0.15, 0.2) is 5.16 Å². The summed E-state index contributed by atoms with van der Waals surface area (Å²) in [7, 11) is 0. The maximum absolute atomic E-state index is 14.7. The lowest BCUT2D eigenvalue weighted by Gasteiger charge is -2.26.